The molecule has 1 aromatic heterocycles. The monoisotopic (exact) mass is 225 g/mol. The predicted octanol–water partition coefficient (Wildman–Crippen LogP) is 2.80. The lowest BCUT2D eigenvalue weighted by Crippen LogP contribution is -1.98. The Morgan fingerprint density at radius 2 is 2.20 bits per heavy atom. The van der Waals surface area contributed by atoms with E-state index in [9.17, 15) is 0 Å². The summed E-state index contributed by atoms with van der Waals surface area (Å²) in [6.07, 6.45) is 4.87. The minimum absolute atomic E-state index is 0.791. The summed E-state index contributed by atoms with van der Waals surface area (Å²) in [6.45, 7) is 4.51. The van der Waals surface area contributed by atoms with E-state index >= 15 is 0 Å². The van der Waals surface area contributed by atoms with Crippen molar-refractivity contribution in [2.75, 3.05) is 18.1 Å². The maximum Gasteiger partial charge on any atom is 0.144 e. The molecule has 0 fully saturated rings. The fourth-order valence-electron chi connectivity index (χ4n) is 1.04. The molecule has 0 saturated heterocycles. The largest absolute Gasteiger partial charge is 0.372 e. The minimum Gasteiger partial charge on any atom is -0.372 e. The van der Waals surface area contributed by atoms with E-state index in [0.29, 0.717) is 0 Å². The maximum absolute atomic E-state index is 4.33. The molecule has 0 bridgehead atoms. The smallest absolute Gasteiger partial charge is 0.144 e. The van der Waals surface area contributed by atoms with E-state index in [4.69, 9.17) is 0 Å². The van der Waals surface area contributed by atoms with Gasteiger partial charge in [0.05, 0.1) is 18.1 Å². The summed E-state index contributed by atoms with van der Waals surface area (Å²) in [5.74, 6) is 3.78. The second kappa shape index (κ2) is 6.67. The Morgan fingerprint density at radius 3 is 2.73 bits per heavy atom. The molecule has 3 nitrogen and oxygen atoms in total. The Bertz CT molecular complexity index is 274. The van der Waals surface area contributed by atoms with Crippen molar-refractivity contribution in [2.24, 2.45) is 5.92 Å². The van der Waals surface area contributed by atoms with Gasteiger partial charge in [0.15, 0.2) is 0 Å². The molecule has 0 aliphatic carbocycles. The first kappa shape index (κ1) is 12.3. The van der Waals surface area contributed by atoms with Gasteiger partial charge < -0.3 is 5.32 Å². The van der Waals surface area contributed by atoms with Crippen LogP contribution in [0.25, 0.3) is 0 Å². The zero-order chi connectivity index (χ0) is 11.1. The van der Waals surface area contributed by atoms with Gasteiger partial charge in [0, 0.05) is 12.8 Å². The highest BCUT2D eigenvalue weighted by Crippen LogP contribution is 2.15. The first-order valence-corrected chi connectivity index (χ1v) is 6.48. The average molecular weight is 225 g/mol. The first-order chi connectivity index (χ1) is 7.26. The summed E-state index contributed by atoms with van der Waals surface area (Å²) in [5.41, 5.74) is 1.06. The van der Waals surface area contributed by atoms with E-state index in [1.54, 1.807) is 6.20 Å². The molecular formula is C11H19N3S. The third kappa shape index (κ3) is 4.51. The second-order valence-corrected chi connectivity index (χ2v) is 4.70. The molecule has 1 heterocycles. The number of nitrogens with zero attached hydrogens (tertiary/aromatic N) is 2. The molecule has 0 saturated carbocycles. The number of hydrogen-bond donors (Lipinski definition) is 1. The number of aromatic nitrogens is 2. The fraction of sp³-hybridized carbons (Fsp3) is 0.636. The van der Waals surface area contributed by atoms with E-state index in [1.807, 2.05) is 25.0 Å². The van der Waals surface area contributed by atoms with E-state index < -0.39 is 0 Å². The summed E-state index contributed by atoms with van der Waals surface area (Å²) in [4.78, 5) is 8.55. The highest BCUT2D eigenvalue weighted by atomic mass is 32.2. The molecule has 0 aliphatic rings. The summed E-state index contributed by atoms with van der Waals surface area (Å²) >= 11 is 1.93. The van der Waals surface area contributed by atoms with Crippen LogP contribution in [-0.2, 0) is 5.75 Å². The van der Waals surface area contributed by atoms with Crippen molar-refractivity contribution >= 4 is 17.6 Å². The van der Waals surface area contributed by atoms with Crippen LogP contribution >= 0.6 is 11.8 Å². The molecule has 4 heteroatoms. The van der Waals surface area contributed by atoms with Gasteiger partial charge >= 0.3 is 0 Å². The van der Waals surface area contributed by atoms with Gasteiger partial charge in [0.1, 0.15) is 5.82 Å². The molecule has 1 unspecified atom stereocenters. The van der Waals surface area contributed by atoms with Crippen LogP contribution in [0.1, 0.15) is 26.0 Å². The first-order valence-electron chi connectivity index (χ1n) is 5.32. The summed E-state index contributed by atoms with van der Waals surface area (Å²) in [6, 6.07) is 0. The van der Waals surface area contributed by atoms with Crippen LogP contribution in [0, 0.1) is 5.92 Å². The zero-order valence-corrected chi connectivity index (χ0v) is 10.5. The van der Waals surface area contributed by atoms with E-state index in [2.05, 4.69) is 29.1 Å². The number of nitrogens with one attached hydrogen (secondary N) is 1. The third-order valence-electron chi connectivity index (χ3n) is 2.31. The molecule has 0 aromatic carbocycles. The third-order valence-corrected chi connectivity index (χ3v) is 3.62. The second-order valence-electron chi connectivity index (χ2n) is 3.67. The summed E-state index contributed by atoms with van der Waals surface area (Å²) < 4.78 is 0. The van der Waals surface area contributed by atoms with Gasteiger partial charge in [-0.1, -0.05) is 20.3 Å². The predicted molar refractivity (Wildman–Crippen MR) is 67.2 cm³/mol. The molecular weight excluding hydrogens is 206 g/mol. The van der Waals surface area contributed by atoms with Crippen molar-refractivity contribution in [3.8, 4) is 0 Å². The summed E-state index contributed by atoms with van der Waals surface area (Å²) in [5, 5.41) is 2.96. The Kier molecular flexibility index (Phi) is 5.47. The average Bonchev–Trinajstić information content (AvgIpc) is 2.29. The van der Waals surface area contributed by atoms with Gasteiger partial charge in [-0.2, -0.15) is 11.8 Å². The topological polar surface area (TPSA) is 37.8 Å². The van der Waals surface area contributed by atoms with Crippen LogP contribution in [-0.4, -0.2) is 22.8 Å². The Hall–Kier alpha value is -0.770. The van der Waals surface area contributed by atoms with Crippen molar-refractivity contribution < 1.29 is 0 Å². The lowest BCUT2D eigenvalue weighted by Gasteiger charge is -2.07. The van der Waals surface area contributed by atoms with Gasteiger partial charge in [0.2, 0.25) is 0 Å². The number of hydrogen-bond acceptors (Lipinski definition) is 4. The van der Waals surface area contributed by atoms with Crippen LogP contribution in [0.15, 0.2) is 12.4 Å². The lowest BCUT2D eigenvalue weighted by molar-refractivity contribution is 0.637. The zero-order valence-electron chi connectivity index (χ0n) is 9.66. The van der Waals surface area contributed by atoms with Crippen molar-refractivity contribution in [3.63, 3.8) is 0 Å². The molecule has 1 atom stereocenters. The minimum atomic E-state index is 0.791. The molecule has 84 valence electrons. The van der Waals surface area contributed by atoms with Gasteiger partial charge in [0.25, 0.3) is 0 Å². The van der Waals surface area contributed by atoms with Gasteiger partial charge in [-0.25, -0.2) is 4.98 Å². The highest BCUT2D eigenvalue weighted by Gasteiger charge is 2.00. The molecule has 0 aliphatic heterocycles. The van der Waals surface area contributed by atoms with Crippen molar-refractivity contribution in [1.82, 2.24) is 9.97 Å². The molecule has 0 spiro atoms. The van der Waals surface area contributed by atoms with Crippen molar-refractivity contribution in [3.05, 3.63) is 18.1 Å². The molecule has 0 amide bonds. The molecule has 15 heavy (non-hydrogen) atoms. The van der Waals surface area contributed by atoms with Crippen molar-refractivity contribution in [1.29, 1.82) is 0 Å². The van der Waals surface area contributed by atoms with E-state index in [1.165, 1.54) is 12.2 Å². The van der Waals surface area contributed by atoms with Gasteiger partial charge in [-0.05, 0) is 11.7 Å². The summed E-state index contributed by atoms with van der Waals surface area (Å²) in [7, 11) is 1.85. The SMILES string of the molecule is CCC(C)CSCc1cnc(NC)cn1. The lowest BCUT2D eigenvalue weighted by atomic mass is 10.2. The highest BCUT2D eigenvalue weighted by molar-refractivity contribution is 7.98. The molecule has 1 rings (SSSR count). The van der Waals surface area contributed by atoms with Crippen LogP contribution in [0.2, 0.25) is 0 Å². The van der Waals surface area contributed by atoms with Crippen LogP contribution in [0.3, 0.4) is 0 Å². The van der Waals surface area contributed by atoms with Gasteiger partial charge in [-0.3, -0.25) is 4.98 Å². The maximum atomic E-state index is 4.33. The Morgan fingerprint density at radius 1 is 1.40 bits per heavy atom. The fourth-order valence-corrected chi connectivity index (χ4v) is 2.16. The standard InChI is InChI=1S/C11H19N3S/c1-4-9(2)7-15-8-10-5-14-11(12-3)6-13-10/h5-6,9H,4,7-8H2,1-3H3,(H,12,14). The molecule has 1 aromatic rings. The van der Waals surface area contributed by atoms with Gasteiger partial charge in [-0.15, -0.1) is 0 Å². The normalized spacial score (nSPS) is 12.5. The molecule has 0 radical (unpaired) electrons. The van der Waals surface area contributed by atoms with Crippen molar-refractivity contribution in [2.45, 2.75) is 26.0 Å². The Labute approximate surface area is 96.1 Å². The van der Waals surface area contributed by atoms with E-state index in [-0.39, 0.29) is 0 Å². The number of rotatable bonds is 6. The van der Waals surface area contributed by atoms with E-state index in [0.717, 1.165) is 23.2 Å². The number of anilines is 1. The molecule has 1 N–H and O–H groups in total. The van der Waals surface area contributed by atoms with Crippen LogP contribution in [0.4, 0.5) is 5.82 Å². The van der Waals surface area contributed by atoms with Crippen LogP contribution in [0.5, 0.6) is 0 Å². The van der Waals surface area contributed by atoms with Crippen LogP contribution < -0.4 is 5.32 Å². The quantitative estimate of drug-likeness (QED) is 0.808. The number of thioether (sulfide) groups is 1. The Balaban J connectivity index is 2.31.